The minimum absolute atomic E-state index is 0.0365. The van der Waals surface area contributed by atoms with Crippen molar-refractivity contribution >= 4 is 10.8 Å². The SMILES string of the molecule is CCc1ccc2cc(C(Cn3ccnc3)OC)ccc2c1. The van der Waals surface area contributed by atoms with Gasteiger partial charge in [-0.05, 0) is 34.4 Å². The minimum Gasteiger partial charge on any atom is -0.375 e. The third kappa shape index (κ3) is 2.98. The summed E-state index contributed by atoms with van der Waals surface area (Å²) in [6, 6.07) is 13.2. The normalized spacial score (nSPS) is 12.7. The smallest absolute Gasteiger partial charge is 0.100 e. The maximum absolute atomic E-state index is 5.65. The molecular formula is C18H20N2O. The molecule has 2 aromatic carbocycles. The Balaban J connectivity index is 1.91. The molecule has 0 saturated carbocycles. The van der Waals surface area contributed by atoms with Crippen LogP contribution >= 0.6 is 0 Å². The van der Waals surface area contributed by atoms with Crippen molar-refractivity contribution in [3.63, 3.8) is 0 Å². The number of aromatic nitrogens is 2. The van der Waals surface area contributed by atoms with E-state index in [2.05, 4.69) is 48.3 Å². The van der Waals surface area contributed by atoms with Gasteiger partial charge in [-0.25, -0.2) is 4.98 Å². The average Bonchev–Trinajstić information content (AvgIpc) is 3.04. The molecule has 0 aliphatic heterocycles. The van der Waals surface area contributed by atoms with Gasteiger partial charge < -0.3 is 9.30 Å². The first-order valence-electron chi connectivity index (χ1n) is 7.31. The molecule has 1 aromatic heterocycles. The Morgan fingerprint density at radius 1 is 1.14 bits per heavy atom. The molecule has 0 spiro atoms. The lowest BCUT2D eigenvalue weighted by Crippen LogP contribution is -2.09. The fraction of sp³-hybridized carbons (Fsp3) is 0.278. The van der Waals surface area contributed by atoms with Gasteiger partial charge in [0, 0.05) is 19.5 Å². The van der Waals surface area contributed by atoms with Gasteiger partial charge in [0.1, 0.15) is 6.10 Å². The van der Waals surface area contributed by atoms with Gasteiger partial charge in [0.15, 0.2) is 0 Å². The van der Waals surface area contributed by atoms with E-state index in [1.54, 1.807) is 13.3 Å². The van der Waals surface area contributed by atoms with E-state index in [9.17, 15) is 0 Å². The van der Waals surface area contributed by atoms with Crippen LogP contribution in [0.3, 0.4) is 0 Å². The van der Waals surface area contributed by atoms with Crippen LogP contribution in [-0.4, -0.2) is 16.7 Å². The van der Waals surface area contributed by atoms with Crippen LogP contribution in [-0.2, 0) is 17.7 Å². The summed E-state index contributed by atoms with van der Waals surface area (Å²) in [7, 11) is 1.76. The molecule has 21 heavy (non-hydrogen) atoms. The van der Waals surface area contributed by atoms with Crippen LogP contribution in [0.2, 0.25) is 0 Å². The molecule has 0 amide bonds. The van der Waals surface area contributed by atoms with E-state index < -0.39 is 0 Å². The standard InChI is InChI=1S/C18H20N2O/c1-3-14-4-5-16-11-17(7-6-15(16)10-14)18(21-2)12-20-9-8-19-13-20/h4-11,13,18H,3,12H2,1-2H3. The predicted molar refractivity (Wildman–Crippen MR) is 85.3 cm³/mol. The van der Waals surface area contributed by atoms with E-state index in [4.69, 9.17) is 4.74 Å². The second kappa shape index (κ2) is 6.10. The molecule has 0 fully saturated rings. The number of hydrogen-bond acceptors (Lipinski definition) is 2. The van der Waals surface area contributed by atoms with Gasteiger partial charge in [0.2, 0.25) is 0 Å². The maximum atomic E-state index is 5.65. The first-order chi connectivity index (χ1) is 10.3. The van der Waals surface area contributed by atoms with Crippen molar-refractivity contribution in [2.75, 3.05) is 7.11 Å². The number of fused-ring (bicyclic) bond motifs is 1. The summed E-state index contributed by atoms with van der Waals surface area (Å²) < 4.78 is 7.70. The van der Waals surface area contributed by atoms with Crippen molar-refractivity contribution in [1.29, 1.82) is 0 Å². The van der Waals surface area contributed by atoms with Crippen LogP contribution in [0, 0.1) is 0 Å². The van der Waals surface area contributed by atoms with Crippen LogP contribution < -0.4 is 0 Å². The minimum atomic E-state index is 0.0365. The van der Waals surface area contributed by atoms with Gasteiger partial charge in [-0.2, -0.15) is 0 Å². The second-order valence-electron chi connectivity index (χ2n) is 5.28. The van der Waals surface area contributed by atoms with Gasteiger partial charge in [0.25, 0.3) is 0 Å². The lowest BCUT2D eigenvalue weighted by Gasteiger charge is -2.17. The average molecular weight is 280 g/mol. The molecule has 0 radical (unpaired) electrons. The molecule has 3 aromatic rings. The molecular weight excluding hydrogens is 260 g/mol. The summed E-state index contributed by atoms with van der Waals surface area (Å²) in [6.45, 7) is 2.96. The van der Waals surface area contributed by atoms with Gasteiger partial charge in [-0.15, -0.1) is 0 Å². The molecule has 3 nitrogen and oxygen atoms in total. The van der Waals surface area contributed by atoms with Crippen LogP contribution in [0.1, 0.15) is 24.2 Å². The van der Waals surface area contributed by atoms with E-state index in [1.165, 1.54) is 21.9 Å². The third-order valence-electron chi connectivity index (χ3n) is 3.93. The molecule has 0 bridgehead atoms. The molecule has 3 rings (SSSR count). The van der Waals surface area contributed by atoms with Crippen LogP contribution in [0.4, 0.5) is 0 Å². The zero-order chi connectivity index (χ0) is 14.7. The largest absolute Gasteiger partial charge is 0.375 e. The number of imidazole rings is 1. The molecule has 108 valence electrons. The maximum Gasteiger partial charge on any atom is 0.100 e. The van der Waals surface area contributed by atoms with Gasteiger partial charge in [0.05, 0.1) is 12.9 Å². The van der Waals surface area contributed by atoms with Gasteiger partial charge in [-0.3, -0.25) is 0 Å². The summed E-state index contributed by atoms with van der Waals surface area (Å²) in [6.07, 6.45) is 6.68. The van der Waals surface area contributed by atoms with Crippen molar-refractivity contribution in [2.24, 2.45) is 0 Å². The van der Waals surface area contributed by atoms with E-state index in [-0.39, 0.29) is 6.10 Å². The van der Waals surface area contributed by atoms with Crippen molar-refractivity contribution in [3.8, 4) is 0 Å². The molecule has 0 N–H and O–H groups in total. The van der Waals surface area contributed by atoms with E-state index in [0.29, 0.717) is 0 Å². The van der Waals surface area contributed by atoms with Crippen molar-refractivity contribution in [1.82, 2.24) is 9.55 Å². The monoisotopic (exact) mass is 280 g/mol. The lowest BCUT2D eigenvalue weighted by atomic mass is 10.0. The Kier molecular flexibility index (Phi) is 4.02. The summed E-state index contributed by atoms with van der Waals surface area (Å²) in [4.78, 5) is 4.08. The molecule has 0 aliphatic carbocycles. The second-order valence-corrected chi connectivity index (χ2v) is 5.28. The highest BCUT2D eigenvalue weighted by Crippen LogP contribution is 2.24. The fourth-order valence-corrected chi connectivity index (χ4v) is 2.64. The molecule has 1 atom stereocenters. The number of nitrogens with zero attached hydrogens (tertiary/aromatic N) is 2. The first kappa shape index (κ1) is 13.8. The highest BCUT2D eigenvalue weighted by Gasteiger charge is 2.11. The Bertz CT molecular complexity index is 719. The topological polar surface area (TPSA) is 27.1 Å². The highest BCUT2D eigenvalue weighted by atomic mass is 16.5. The van der Waals surface area contributed by atoms with Crippen molar-refractivity contribution in [3.05, 3.63) is 66.2 Å². The zero-order valence-electron chi connectivity index (χ0n) is 12.5. The van der Waals surface area contributed by atoms with E-state index >= 15 is 0 Å². The quantitative estimate of drug-likeness (QED) is 0.706. The van der Waals surface area contributed by atoms with E-state index in [0.717, 1.165) is 13.0 Å². The van der Waals surface area contributed by atoms with Crippen molar-refractivity contribution in [2.45, 2.75) is 26.0 Å². The number of hydrogen-bond donors (Lipinski definition) is 0. The number of ether oxygens (including phenoxy) is 1. The third-order valence-corrected chi connectivity index (χ3v) is 3.93. The van der Waals surface area contributed by atoms with Crippen LogP contribution in [0.15, 0.2) is 55.1 Å². The molecule has 3 heteroatoms. The highest BCUT2D eigenvalue weighted by molar-refractivity contribution is 5.83. The van der Waals surface area contributed by atoms with Crippen molar-refractivity contribution < 1.29 is 4.74 Å². The summed E-state index contributed by atoms with van der Waals surface area (Å²) in [5.41, 5.74) is 2.57. The molecule has 0 saturated heterocycles. The summed E-state index contributed by atoms with van der Waals surface area (Å²) in [5, 5.41) is 2.55. The Morgan fingerprint density at radius 3 is 2.67 bits per heavy atom. The van der Waals surface area contributed by atoms with Crippen LogP contribution in [0.25, 0.3) is 10.8 Å². The number of aryl methyl sites for hydroxylation is 1. The zero-order valence-corrected chi connectivity index (χ0v) is 12.5. The number of benzene rings is 2. The van der Waals surface area contributed by atoms with Crippen LogP contribution in [0.5, 0.6) is 0 Å². The molecule has 1 heterocycles. The number of rotatable bonds is 5. The molecule has 0 aliphatic rings. The summed E-state index contributed by atoms with van der Waals surface area (Å²) in [5.74, 6) is 0. The fourth-order valence-electron chi connectivity index (χ4n) is 2.64. The summed E-state index contributed by atoms with van der Waals surface area (Å²) >= 11 is 0. The Labute approximate surface area is 125 Å². The number of methoxy groups -OCH3 is 1. The van der Waals surface area contributed by atoms with Gasteiger partial charge >= 0.3 is 0 Å². The van der Waals surface area contributed by atoms with E-state index in [1.807, 2.05) is 17.1 Å². The predicted octanol–water partition coefficient (Wildman–Crippen LogP) is 3.99. The Morgan fingerprint density at radius 2 is 1.95 bits per heavy atom. The molecule has 1 unspecified atom stereocenters. The lowest BCUT2D eigenvalue weighted by molar-refractivity contribution is 0.0879. The first-order valence-corrected chi connectivity index (χ1v) is 7.31. The van der Waals surface area contributed by atoms with Gasteiger partial charge in [-0.1, -0.05) is 37.3 Å². The Hall–Kier alpha value is -2.13.